The second kappa shape index (κ2) is 11.7. The molecule has 6 aromatic carbocycles. The summed E-state index contributed by atoms with van der Waals surface area (Å²) in [5.41, 5.74) is 12.3. The number of pyridine rings is 1. The average Bonchev–Trinajstić information content (AvgIpc) is 3.08. The smallest absolute Gasteiger partial charge is 0.119 e. The first-order valence-electron chi connectivity index (χ1n) is 14.6. The third-order valence-corrected chi connectivity index (χ3v) is 7.93. The minimum absolute atomic E-state index is 0.0139. The Kier molecular flexibility index (Phi) is 7.19. The molecule has 0 unspecified atom stereocenters. The molecule has 7 rings (SSSR count). The number of aromatic hydroxyl groups is 2. The summed E-state index contributed by atoms with van der Waals surface area (Å²) in [6.07, 6.45) is 1.93. The topological polar surface area (TPSA) is 53.4 Å². The van der Waals surface area contributed by atoms with Gasteiger partial charge in [0.25, 0.3) is 0 Å². The molecule has 0 amide bonds. The van der Waals surface area contributed by atoms with Crippen LogP contribution in [0.5, 0.6) is 11.5 Å². The molecule has 0 aliphatic carbocycles. The van der Waals surface area contributed by atoms with Crippen LogP contribution in [-0.2, 0) is 0 Å². The summed E-state index contributed by atoms with van der Waals surface area (Å²) in [6, 6.07) is 52.8. The summed E-state index contributed by atoms with van der Waals surface area (Å²) in [5, 5.41) is 20.5. The highest BCUT2D eigenvalue weighted by Gasteiger charge is 2.16. The molecule has 7 aromatic rings. The lowest BCUT2D eigenvalue weighted by Gasteiger charge is -2.16. The summed E-state index contributed by atoms with van der Waals surface area (Å²) in [6.45, 7) is 0. The Morgan fingerprint density at radius 1 is 0.318 bits per heavy atom. The van der Waals surface area contributed by atoms with E-state index in [2.05, 4.69) is 97.1 Å². The molecule has 1 aromatic heterocycles. The van der Waals surface area contributed by atoms with Crippen molar-refractivity contribution in [2.45, 2.75) is 0 Å². The molecule has 0 bridgehead atoms. The molecule has 0 saturated heterocycles. The minimum Gasteiger partial charge on any atom is -0.508 e. The summed E-state index contributed by atoms with van der Waals surface area (Å²) >= 11 is 0. The average molecular weight is 568 g/mol. The van der Waals surface area contributed by atoms with Crippen molar-refractivity contribution in [2.24, 2.45) is 0 Å². The van der Waals surface area contributed by atoms with Gasteiger partial charge < -0.3 is 10.2 Å². The molecule has 0 spiro atoms. The van der Waals surface area contributed by atoms with Crippen LogP contribution in [0, 0.1) is 0 Å². The van der Waals surface area contributed by atoms with Gasteiger partial charge in [0.1, 0.15) is 11.5 Å². The summed E-state index contributed by atoms with van der Waals surface area (Å²) < 4.78 is 0. The fourth-order valence-corrected chi connectivity index (χ4v) is 5.72. The van der Waals surface area contributed by atoms with Crippen LogP contribution in [0.25, 0.3) is 66.9 Å². The van der Waals surface area contributed by atoms with E-state index in [1.54, 1.807) is 12.1 Å². The number of benzene rings is 6. The summed E-state index contributed by atoms with van der Waals surface area (Å²) in [5.74, 6) is 0.0277. The quantitative estimate of drug-likeness (QED) is 0.210. The van der Waals surface area contributed by atoms with Gasteiger partial charge in [-0.25, -0.2) is 0 Å². The first-order valence-corrected chi connectivity index (χ1v) is 14.6. The van der Waals surface area contributed by atoms with Crippen LogP contribution < -0.4 is 0 Å². The molecule has 1 heterocycles. The highest BCUT2D eigenvalue weighted by molar-refractivity contribution is 5.93. The summed E-state index contributed by atoms with van der Waals surface area (Å²) in [4.78, 5) is 4.88. The largest absolute Gasteiger partial charge is 0.508 e. The van der Waals surface area contributed by atoms with Gasteiger partial charge in [-0.1, -0.05) is 133 Å². The second-order valence-corrected chi connectivity index (χ2v) is 10.8. The van der Waals surface area contributed by atoms with Gasteiger partial charge in [0.15, 0.2) is 0 Å². The van der Waals surface area contributed by atoms with Crippen molar-refractivity contribution in [3.05, 3.63) is 164 Å². The fraction of sp³-hybridized carbons (Fsp3) is 0. The van der Waals surface area contributed by atoms with Crippen molar-refractivity contribution in [2.75, 3.05) is 0 Å². The van der Waals surface area contributed by atoms with Crippen LogP contribution in [0.4, 0.5) is 0 Å². The number of hydrogen-bond acceptors (Lipinski definition) is 3. The van der Waals surface area contributed by atoms with Gasteiger partial charge in [-0.3, -0.25) is 4.98 Å². The van der Waals surface area contributed by atoms with Gasteiger partial charge in [-0.05, 0) is 68.3 Å². The van der Waals surface area contributed by atoms with Gasteiger partial charge in [-0.15, -0.1) is 0 Å². The Morgan fingerprint density at radius 2 is 0.773 bits per heavy atom. The molecule has 3 heteroatoms. The van der Waals surface area contributed by atoms with Crippen molar-refractivity contribution in [1.82, 2.24) is 4.98 Å². The van der Waals surface area contributed by atoms with Crippen LogP contribution in [0.1, 0.15) is 0 Å². The lowest BCUT2D eigenvalue weighted by Crippen LogP contribution is -1.93. The maximum Gasteiger partial charge on any atom is 0.119 e. The minimum atomic E-state index is 0.0139. The van der Waals surface area contributed by atoms with Crippen LogP contribution >= 0.6 is 0 Å². The van der Waals surface area contributed by atoms with Crippen LogP contribution in [0.2, 0.25) is 0 Å². The lowest BCUT2D eigenvalue weighted by molar-refractivity contribution is 0.451. The maximum atomic E-state index is 10.2. The number of rotatable bonds is 6. The van der Waals surface area contributed by atoms with E-state index < -0.39 is 0 Å². The number of aromatic nitrogens is 1. The zero-order valence-corrected chi connectivity index (χ0v) is 23.9. The number of nitrogens with zero attached hydrogens (tertiary/aromatic N) is 1. The monoisotopic (exact) mass is 567 g/mol. The normalized spacial score (nSPS) is 10.9. The molecular weight excluding hydrogens is 538 g/mol. The zero-order valence-electron chi connectivity index (χ0n) is 23.9. The van der Waals surface area contributed by atoms with Crippen LogP contribution in [0.15, 0.2) is 164 Å². The molecule has 210 valence electrons. The molecule has 0 aliphatic heterocycles. The predicted molar refractivity (Wildman–Crippen MR) is 180 cm³/mol. The van der Waals surface area contributed by atoms with Crippen molar-refractivity contribution in [3.63, 3.8) is 0 Å². The number of phenolic OH excluding ortho intramolecular Hbond substituents is 2. The van der Waals surface area contributed by atoms with Crippen molar-refractivity contribution in [3.8, 4) is 78.4 Å². The van der Waals surface area contributed by atoms with E-state index in [4.69, 9.17) is 4.98 Å². The lowest BCUT2D eigenvalue weighted by atomic mass is 9.89. The Bertz CT molecular complexity index is 2030. The Balaban J connectivity index is 1.32. The standard InChI is InChI=1S/C41H29NO2/c43-35-23-34(24-36(44)25-35)37-13-7-8-14-38(37)40-27-42-41(33-11-5-2-6-12-33)26-39(40)32-21-19-31(20-22-32)30-17-15-29(16-18-30)28-9-3-1-4-10-28/h1-27,43-44H. The van der Waals surface area contributed by atoms with E-state index in [1.807, 2.05) is 48.7 Å². The predicted octanol–water partition coefficient (Wildman–Crippen LogP) is 10.5. The zero-order chi connectivity index (χ0) is 29.9. The van der Waals surface area contributed by atoms with E-state index >= 15 is 0 Å². The van der Waals surface area contributed by atoms with E-state index in [1.165, 1.54) is 17.2 Å². The molecule has 0 saturated carbocycles. The molecule has 2 N–H and O–H groups in total. The third kappa shape index (κ3) is 5.47. The molecule has 0 atom stereocenters. The molecule has 3 nitrogen and oxygen atoms in total. The first kappa shape index (κ1) is 26.9. The molecule has 0 aliphatic rings. The highest BCUT2D eigenvalue weighted by Crippen LogP contribution is 2.41. The maximum absolute atomic E-state index is 10.2. The van der Waals surface area contributed by atoms with Gasteiger partial charge >= 0.3 is 0 Å². The first-order chi connectivity index (χ1) is 21.6. The Labute approximate surface area is 257 Å². The van der Waals surface area contributed by atoms with E-state index in [9.17, 15) is 10.2 Å². The molecule has 0 radical (unpaired) electrons. The van der Waals surface area contributed by atoms with Gasteiger partial charge in [0.05, 0.1) is 5.69 Å². The third-order valence-electron chi connectivity index (χ3n) is 7.93. The van der Waals surface area contributed by atoms with Crippen molar-refractivity contribution < 1.29 is 10.2 Å². The fourth-order valence-electron chi connectivity index (χ4n) is 5.72. The number of phenols is 2. The summed E-state index contributed by atoms with van der Waals surface area (Å²) in [7, 11) is 0. The SMILES string of the molecule is Oc1cc(O)cc(-c2ccccc2-c2cnc(-c3ccccc3)cc2-c2ccc(-c3ccc(-c4ccccc4)cc3)cc2)c1. The second-order valence-electron chi connectivity index (χ2n) is 10.8. The Morgan fingerprint density at radius 3 is 1.34 bits per heavy atom. The highest BCUT2D eigenvalue weighted by atomic mass is 16.3. The van der Waals surface area contributed by atoms with Gasteiger partial charge in [-0.2, -0.15) is 0 Å². The van der Waals surface area contributed by atoms with Gasteiger partial charge in [0, 0.05) is 23.4 Å². The van der Waals surface area contributed by atoms with E-state index in [-0.39, 0.29) is 11.5 Å². The van der Waals surface area contributed by atoms with Crippen molar-refractivity contribution in [1.29, 1.82) is 0 Å². The molecule has 0 fully saturated rings. The van der Waals surface area contributed by atoms with Crippen LogP contribution in [0.3, 0.4) is 0 Å². The van der Waals surface area contributed by atoms with E-state index in [0.717, 1.165) is 55.8 Å². The van der Waals surface area contributed by atoms with E-state index in [0.29, 0.717) is 0 Å². The van der Waals surface area contributed by atoms with Crippen molar-refractivity contribution >= 4 is 0 Å². The number of hydrogen-bond donors (Lipinski definition) is 2. The molecular formula is C41H29NO2. The Hall–Kier alpha value is -5.93. The molecule has 44 heavy (non-hydrogen) atoms. The van der Waals surface area contributed by atoms with Gasteiger partial charge in [0.2, 0.25) is 0 Å². The van der Waals surface area contributed by atoms with Crippen LogP contribution in [-0.4, -0.2) is 15.2 Å².